The number of rotatable bonds is 5. The number of alkyl halides is 1. The molecule has 1 aromatic rings. The number of carbonyl (C=O) groups excluding carboxylic acids is 1. The Labute approximate surface area is 137 Å². The molecule has 1 fully saturated rings. The molecule has 1 amide bonds. The molecular formula is C17H25ClN2O2. The molecule has 122 valence electrons. The zero-order valence-electron chi connectivity index (χ0n) is 13.6. The van der Waals surface area contributed by atoms with Crippen molar-refractivity contribution in [1.82, 2.24) is 10.2 Å². The van der Waals surface area contributed by atoms with E-state index in [-0.39, 0.29) is 11.5 Å². The smallest absolute Gasteiger partial charge is 0.410 e. The largest absolute Gasteiger partial charge is 0.444 e. The van der Waals surface area contributed by atoms with Crippen LogP contribution in [0.5, 0.6) is 0 Å². The number of nitrogens with zero attached hydrogens (tertiary/aromatic N) is 1. The Morgan fingerprint density at radius 2 is 1.95 bits per heavy atom. The van der Waals surface area contributed by atoms with Crippen LogP contribution in [0.2, 0.25) is 0 Å². The molecule has 5 heteroatoms. The van der Waals surface area contributed by atoms with Crippen LogP contribution < -0.4 is 5.32 Å². The minimum Gasteiger partial charge on any atom is -0.444 e. The molecule has 1 saturated heterocycles. The van der Waals surface area contributed by atoms with Gasteiger partial charge in [0.25, 0.3) is 0 Å². The van der Waals surface area contributed by atoms with Crippen LogP contribution >= 0.6 is 11.6 Å². The van der Waals surface area contributed by atoms with Gasteiger partial charge in [-0.05, 0) is 26.3 Å². The second-order valence-electron chi connectivity index (χ2n) is 7.06. The molecule has 0 aromatic heterocycles. The summed E-state index contributed by atoms with van der Waals surface area (Å²) >= 11 is 6.13. The normalized spacial score (nSPS) is 17.0. The molecular weight excluding hydrogens is 300 g/mol. The zero-order chi connectivity index (χ0) is 16.2. The number of hydrogen-bond acceptors (Lipinski definition) is 3. The first-order valence-electron chi connectivity index (χ1n) is 7.62. The van der Waals surface area contributed by atoms with Crippen molar-refractivity contribution in [3.8, 4) is 0 Å². The molecule has 0 atom stereocenters. The molecule has 0 radical (unpaired) electrons. The fourth-order valence-corrected chi connectivity index (χ4v) is 2.79. The van der Waals surface area contributed by atoms with Crippen LogP contribution in [0.3, 0.4) is 0 Å². The Balaban J connectivity index is 1.77. The second kappa shape index (κ2) is 6.88. The Morgan fingerprint density at radius 3 is 2.50 bits per heavy atom. The average Bonchev–Trinajstić information content (AvgIpc) is 2.40. The van der Waals surface area contributed by atoms with Crippen molar-refractivity contribution >= 4 is 17.7 Å². The summed E-state index contributed by atoms with van der Waals surface area (Å²) in [5.41, 5.74) is 0.741. The lowest BCUT2D eigenvalue weighted by atomic mass is 9.82. The van der Waals surface area contributed by atoms with Crippen LogP contribution in [0.1, 0.15) is 26.3 Å². The number of hydrogen-bond donors (Lipinski definition) is 1. The van der Waals surface area contributed by atoms with Crippen LogP contribution in [-0.2, 0) is 11.3 Å². The minimum absolute atomic E-state index is 0.0484. The van der Waals surface area contributed by atoms with E-state index in [4.69, 9.17) is 16.3 Å². The summed E-state index contributed by atoms with van der Waals surface area (Å²) in [6.45, 7) is 8.53. The maximum Gasteiger partial charge on any atom is 0.410 e. The van der Waals surface area contributed by atoms with Gasteiger partial charge in [0.05, 0.1) is 0 Å². The second-order valence-corrected chi connectivity index (χ2v) is 7.33. The van der Waals surface area contributed by atoms with Crippen LogP contribution in [0.15, 0.2) is 30.3 Å². The third-order valence-electron chi connectivity index (χ3n) is 3.66. The third-order valence-corrected chi connectivity index (χ3v) is 4.23. The zero-order valence-corrected chi connectivity index (χ0v) is 14.3. The van der Waals surface area contributed by atoms with E-state index in [1.165, 1.54) is 5.56 Å². The molecule has 0 unspecified atom stereocenters. The topological polar surface area (TPSA) is 41.6 Å². The van der Waals surface area contributed by atoms with Crippen LogP contribution in [0.25, 0.3) is 0 Å². The lowest BCUT2D eigenvalue weighted by molar-refractivity contribution is -0.0260. The van der Waals surface area contributed by atoms with Gasteiger partial charge in [0.1, 0.15) is 5.60 Å². The quantitative estimate of drug-likeness (QED) is 0.845. The molecule has 22 heavy (non-hydrogen) atoms. The number of halogens is 1. The van der Waals surface area contributed by atoms with Gasteiger partial charge in [-0.2, -0.15) is 0 Å². The van der Waals surface area contributed by atoms with E-state index in [0.717, 1.165) is 13.1 Å². The van der Waals surface area contributed by atoms with Gasteiger partial charge < -0.3 is 15.0 Å². The minimum atomic E-state index is -0.456. The first-order valence-corrected chi connectivity index (χ1v) is 8.16. The molecule has 0 spiro atoms. The van der Waals surface area contributed by atoms with E-state index in [1.807, 2.05) is 39.0 Å². The molecule has 4 nitrogen and oxygen atoms in total. The maximum absolute atomic E-state index is 12.0. The van der Waals surface area contributed by atoms with E-state index in [2.05, 4.69) is 17.4 Å². The molecule has 1 N–H and O–H groups in total. The molecule has 2 rings (SSSR count). The number of ether oxygens (including phenoxy) is 1. The van der Waals surface area contributed by atoms with Gasteiger partial charge in [0.2, 0.25) is 0 Å². The number of benzene rings is 1. The van der Waals surface area contributed by atoms with Crippen molar-refractivity contribution in [2.75, 3.05) is 25.5 Å². The van der Waals surface area contributed by atoms with Gasteiger partial charge >= 0.3 is 6.09 Å². The van der Waals surface area contributed by atoms with Crippen LogP contribution in [-0.4, -0.2) is 42.1 Å². The number of amides is 1. The molecule has 1 aliphatic heterocycles. The Bertz CT molecular complexity index is 493. The van der Waals surface area contributed by atoms with Crippen molar-refractivity contribution < 1.29 is 9.53 Å². The predicted molar refractivity (Wildman–Crippen MR) is 89.1 cm³/mol. The van der Waals surface area contributed by atoms with E-state index in [0.29, 0.717) is 19.0 Å². The first kappa shape index (κ1) is 17.1. The standard InChI is InChI=1S/C17H25ClN2O2/c1-16(2,3)22-15(21)20-12-17(10-18,13-20)11-19-9-14-7-5-4-6-8-14/h4-8,19H,9-13H2,1-3H3. The number of likely N-dealkylation sites (tertiary alicyclic amines) is 1. The fourth-order valence-electron chi connectivity index (χ4n) is 2.53. The third kappa shape index (κ3) is 4.62. The van der Waals surface area contributed by atoms with Crippen molar-refractivity contribution in [3.63, 3.8) is 0 Å². The fraction of sp³-hybridized carbons (Fsp3) is 0.588. The van der Waals surface area contributed by atoms with Crippen LogP contribution in [0, 0.1) is 5.41 Å². The monoisotopic (exact) mass is 324 g/mol. The van der Waals surface area contributed by atoms with E-state index in [1.54, 1.807) is 4.90 Å². The van der Waals surface area contributed by atoms with Gasteiger partial charge in [0.15, 0.2) is 0 Å². The highest BCUT2D eigenvalue weighted by Gasteiger charge is 2.45. The summed E-state index contributed by atoms with van der Waals surface area (Å²) < 4.78 is 5.38. The molecule has 0 saturated carbocycles. The highest BCUT2D eigenvalue weighted by atomic mass is 35.5. The van der Waals surface area contributed by atoms with E-state index >= 15 is 0 Å². The van der Waals surface area contributed by atoms with E-state index in [9.17, 15) is 4.79 Å². The van der Waals surface area contributed by atoms with Crippen molar-refractivity contribution in [2.24, 2.45) is 5.41 Å². The Morgan fingerprint density at radius 1 is 1.32 bits per heavy atom. The van der Waals surface area contributed by atoms with Gasteiger partial charge in [-0.3, -0.25) is 0 Å². The van der Waals surface area contributed by atoms with Crippen LogP contribution in [0.4, 0.5) is 4.79 Å². The van der Waals surface area contributed by atoms with Crippen molar-refractivity contribution in [1.29, 1.82) is 0 Å². The lowest BCUT2D eigenvalue weighted by Crippen LogP contribution is -2.63. The van der Waals surface area contributed by atoms with E-state index < -0.39 is 5.60 Å². The predicted octanol–water partition coefficient (Wildman–Crippen LogP) is 3.25. The molecule has 0 aliphatic carbocycles. The molecule has 0 bridgehead atoms. The molecule has 1 aromatic carbocycles. The SMILES string of the molecule is CC(C)(C)OC(=O)N1CC(CCl)(CNCc2ccccc2)C1. The molecule has 1 aliphatic rings. The van der Waals surface area contributed by atoms with Gasteiger partial charge in [-0.1, -0.05) is 30.3 Å². The number of carbonyl (C=O) groups is 1. The summed E-state index contributed by atoms with van der Waals surface area (Å²) in [5.74, 6) is 0.536. The van der Waals surface area contributed by atoms with Gasteiger partial charge in [-0.15, -0.1) is 11.6 Å². The Hall–Kier alpha value is -1.26. The first-order chi connectivity index (χ1) is 10.3. The summed E-state index contributed by atoms with van der Waals surface area (Å²) in [7, 11) is 0. The lowest BCUT2D eigenvalue weighted by Gasteiger charge is -2.49. The Kier molecular flexibility index (Phi) is 5.35. The molecule has 1 heterocycles. The maximum atomic E-state index is 12.0. The van der Waals surface area contributed by atoms with Gasteiger partial charge in [-0.25, -0.2) is 4.79 Å². The highest BCUT2D eigenvalue weighted by Crippen LogP contribution is 2.32. The summed E-state index contributed by atoms with van der Waals surface area (Å²) in [5, 5.41) is 3.44. The van der Waals surface area contributed by atoms with Crippen molar-refractivity contribution in [3.05, 3.63) is 35.9 Å². The van der Waals surface area contributed by atoms with Gasteiger partial charge in [0, 0.05) is 37.5 Å². The summed E-state index contributed by atoms with van der Waals surface area (Å²) in [6.07, 6.45) is -0.253. The summed E-state index contributed by atoms with van der Waals surface area (Å²) in [4.78, 5) is 13.7. The summed E-state index contributed by atoms with van der Waals surface area (Å²) in [6, 6.07) is 10.3. The highest BCUT2D eigenvalue weighted by molar-refractivity contribution is 6.18. The van der Waals surface area contributed by atoms with Crippen molar-refractivity contribution in [2.45, 2.75) is 32.9 Å². The average molecular weight is 325 g/mol. The number of nitrogens with one attached hydrogen (secondary N) is 1.